The van der Waals surface area contributed by atoms with Gasteiger partial charge in [0, 0.05) is 12.8 Å². The van der Waals surface area contributed by atoms with Crippen LogP contribution in [-0.2, 0) is 36.2 Å². The van der Waals surface area contributed by atoms with Crippen LogP contribution in [0.4, 0.5) is 0 Å². The Labute approximate surface area is 118 Å². The third-order valence-electron chi connectivity index (χ3n) is 1.45. The van der Waals surface area contributed by atoms with E-state index in [9.17, 15) is 29.4 Å². The summed E-state index contributed by atoms with van der Waals surface area (Å²) in [5, 5.41) is 19.6. The number of amides is 2. The van der Waals surface area contributed by atoms with Gasteiger partial charge in [-0.25, -0.2) is 0 Å². The molecule has 0 aromatic rings. The van der Waals surface area contributed by atoms with E-state index in [1.54, 1.807) is 0 Å². The van der Waals surface area contributed by atoms with Crippen LogP contribution >= 0.6 is 0 Å². The van der Waals surface area contributed by atoms with Crippen LogP contribution in [0.5, 0.6) is 0 Å². The predicted octanol–water partition coefficient (Wildman–Crippen LogP) is -6.12. The fourth-order valence-electron chi connectivity index (χ4n) is 0.600. The summed E-state index contributed by atoms with van der Waals surface area (Å²) < 4.78 is 0. The minimum Gasteiger partial charge on any atom is -0.548 e. The van der Waals surface area contributed by atoms with Crippen molar-refractivity contribution < 1.29 is 46.5 Å². The van der Waals surface area contributed by atoms with Gasteiger partial charge in [0.2, 0.25) is 11.8 Å². The van der Waals surface area contributed by atoms with E-state index in [-0.39, 0.29) is 29.9 Å². The van der Waals surface area contributed by atoms with Crippen molar-refractivity contribution in [3.8, 4) is 0 Å². The van der Waals surface area contributed by atoms with Gasteiger partial charge in [0.15, 0.2) is 0 Å². The van der Waals surface area contributed by atoms with Crippen molar-refractivity contribution in [2.24, 2.45) is 22.9 Å². The molecule has 2 amide bonds. The molecule has 0 unspecified atom stereocenters. The van der Waals surface area contributed by atoms with Crippen molar-refractivity contribution in [3.63, 3.8) is 0 Å². The Morgan fingerprint density at radius 1 is 0.789 bits per heavy atom. The number of hydrogen-bond donors (Lipinski definition) is 4. The number of carboxylic acid groups (broad SMARTS) is 2. The van der Waals surface area contributed by atoms with Crippen molar-refractivity contribution in [3.05, 3.63) is 0 Å². The van der Waals surface area contributed by atoms with Gasteiger partial charge in [0.05, 0.1) is 24.0 Å². The molecule has 110 valence electrons. The third-order valence-corrected chi connectivity index (χ3v) is 1.45. The molecule has 0 heterocycles. The third kappa shape index (κ3) is 16.3. The minimum atomic E-state index is -1.46. The Bertz CT molecular complexity index is 305. The summed E-state index contributed by atoms with van der Waals surface area (Å²) in [4.78, 5) is 39.5. The van der Waals surface area contributed by atoms with Gasteiger partial charge in [-0.1, -0.05) is 0 Å². The largest absolute Gasteiger partial charge is 2.00 e. The van der Waals surface area contributed by atoms with Gasteiger partial charge in [0.1, 0.15) is 0 Å². The summed E-state index contributed by atoms with van der Waals surface area (Å²) >= 11 is 0. The summed E-state index contributed by atoms with van der Waals surface area (Å²) in [5.74, 6) is -4.42. The maximum absolute atomic E-state index is 9.97. The van der Waals surface area contributed by atoms with Crippen molar-refractivity contribution in [2.75, 3.05) is 0 Å². The number of carboxylic acids is 2. The van der Waals surface area contributed by atoms with Crippen molar-refractivity contribution in [2.45, 2.75) is 24.9 Å². The molecule has 11 heteroatoms. The monoisotopic (exact) mass is 318 g/mol. The molecule has 0 aliphatic rings. The number of nitrogens with two attached hydrogens (primary N) is 4. The van der Waals surface area contributed by atoms with Crippen LogP contribution in [-0.4, -0.2) is 35.8 Å². The van der Waals surface area contributed by atoms with E-state index in [1.165, 1.54) is 0 Å². The van der Waals surface area contributed by atoms with Crippen LogP contribution in [0.25, 0.3) is 0 Å². The predicted molar refractivity (Wildman–Crippen MR) is 53.6 cm³/mol. The van der Waals surface area contributed by atoms with Gasteiger partial charge in [-0.15, -0.1) is 0 Å². The SMILES string of the molecule is NC(=O)C[C@H](N)C(=O)[O-].NC(=O)C[C@H](N)C(=O)[O-].[Fe+2]. The van der Waals surface area contributed by atoms with Gasteiger partial charge in [-0.3, -0.25) is 9.59 Å². The Morgan fingerprint density at radius 2 is 1.00 bits per heavy atom. The number of hydrogen-bond acceptors (Lipinski definition) is 8. The molecule has 0 aliphatic carbocycles. The van der Waals surface area contributed by atoms with Crippen LogP contribution < -0.4 is 33.1 Å². The molecule has 0 aromatic heterocycles. The topological polar surface area (TPSA) is 218 Å². The maximum atomic E-state index is 9.97. The molecule has 0 radical (unpaired) electrons. The first-order valence-electron chi connectivity index (χ1n) is 4.57. The Kier molecular flexibility index (Phi) is 13.5. The van der Waals surface area contributed by atoms with E-state index in [4.69, 9.17) is 11.5 Å². The van der Waals surface area contributed by atoms with Crippen LogP contribution in [0.2, 0.25) is 0 Å². The van der Waals surface area contributed by atoms with Gasteiger partial charge in [-0.2, -0.15) is 0 Å². The Balaban J connectivity index is -0.000000256. The van der Waals surface area contributed by atoms with Gasteiger partial charge < -0.3 is 42.7 Å². The summed E-state index contributed by atoms with van der Waals surface area (Å²) in [6.07, 6.45) is -0.745. The molecule has 0 bridgehead atoms. The van der Waals surface area contributed by atoms with Crippen LogP contribution in [0, 0.1) is 0 Å². The summed E-state index contributed by atoms with van der Waals surface area (Å²) in [5.41, 5.74) is 19.0. The van der Waals surface area contributed by atoms with E-state index < -0.39 is 35.8 Å². The molecule has 0 fully saturated rings. The van der Waals surface area contributed by atoms with E-state index >= 15 is 0 Å². The molecule has 2 atom stereocenters. The zero-order valence-electron chi connectivity index (χ0n) is 9.68. The Morgan fingerprint density at radius 3 is 1.05 bits per heavy atom. The second kappa shape index (κ2) is 11.4. The van der Waals surface area contributed by atoms with Gasteiger partial charge in [-0.05, 0) is 0 Å². The van der Waals surface area contributed by atoms with Crippen molar-refractivity contribution in [1.82, 2.24) is 0 Å². The second-order valence-electron chi connectivity index (χ2n) is 3.19. The molecule has 0 saturated carbocycles. The smallest absolute Gasteiger partial charge is 0.548 e. The van der Waals surface area contributed by atoms with Gasteiger partial charge >= 0.3 is 17.1 Å². The number of primary amides is 2. The van der Waals surface area contributed by atoms with Crippen LogP contribution in [0.15, 0.2) is 0 Å². The first-order valence-corrected chi connectivity index (χ1v) is 4.57. The second-order valence-corrected chi connectivity index (χ2v) is 3.19. The quantitative estimate of drug-likeness (QED) is 0.344. The van der Waals surface area contributed by atoms with E-state index in [2.05, 4.69) is 11.5 Å². The molecule has 0 aliphatic heterocycles. The molecule has 0 aromatic carbocycles. The summed E-state index contributed by atoms with van der Waals surface area (Å²) in [6, 6.07) is -2.55. The normalized spacial score (nSPS) is 11.9. The number of carbonyl (C=O) groups is 4. The van der Waals surface area contributed by atoms with Gasteiger partial charge in [0.25, 0.3) is 0 Å². The van der Waals surface area contributed by atoms with Crippen molar-refractivity contribution in [1.29, 1.82) is 0 Å². The summed E-state index contributed by atoms with van der Waals surface area (Å²) in [7, 11) is 0. The zero-order chi connectivity index (χ0) is 14.9. The number of aliphatic carboxylic acids is 2. The van der Waals surface area contributed by atoms with Crippen LogP contribution in [0.3, 0.4) is 0 Å². The van der Waals surface area contributed by atoms with E-state index in [0.29, 0.717) is 0 Å². The molecular weight excluding hydrogens is 304 g/mol. The fraction of sp³-hybridized carbons (Fsp3) is 0.500. The average Bonchev–Trinajstić information content (AvgIpc) is 2.16. The van der Waals surface area contributed by atoms with E-state index in [0.717, 1.165) is 0 Å². The molecule has 19 heavy (non-hydrogen) atoms. The molecule has 0 rings (SSSR count). The summed E-state index contributed by atoms with van der Waals surface area (Å²) in [6.45, 7) is 0. The first-order chi connectivity index (χ1) is 8.07. The maximum Gasteiger partial charge on any atom is 2.00 e. The molecule has 0 spiro atoms. The zero-order valence-corrected chi connectivity index (χ0v) is 10.8. The minimum absolute atomic E-state index is 0. The fourth-order valence-corrected chi connectivity index (χ4v) is 0.600. The van der Waals surface area contributed by atoms with Crippen LogP contribution in [0.1, 0.15) is 12.8 Å². The number of rotatable bonds is 6. The van der Waals surface area contributed by atoms with E-state index in [1.807, 2.05) is 0 Å². The average molecular weight is 318 g/mol. The molecule has 0 saturated heterocycles. The van der Waals surface area contributed by atoms with Crippen molar-refractivity contribution >= 4 is 23.8 Å². The molecule has 8 N–H and O–H groups in total. The Hall–Kier alpha value is -1.68. The standard InChI is InChI=1S/2C4H8N2O3.Fe/c2*5-2(4(8)9)1-3(6)7;/h2*2H,1,5H2,(H2,6,7)(H,8,9);/q;;+2/p-2/t2*2-;/m00./s1. The molecular formula is C8H14FeN4O6. The molecule has 10 nitrogen and oxygen atoms in total. The first kappa shape index (κ1) is 22.5. The number of carbonyl (C=O) groups excluding carboxylic acids is 4.